The zero-order chi connectivity index (χ0) is 23.4. The Morgan fingerprint density at radius 2 is 1.48 bits per heavy atom. The third-order valence-corrected chi connectivity index (χ3v) is 6.11. The second-order valence-electron chi connectivity index (χ2n) is 9.70. The highest BCUT2D eigenvalue weighted by Crippen LogP contribution is 2.38. The molecule has 3 nitrogen and oxygen atoms in total. The molecule has 0 aliphatic rings. The van der Waals surface area contributed by atoms with Crippen LogP contribution in [0.5, 0.6) is 5.75 Å². The van der Waals surface area contributed by atoms with Gasteiger partial charge in [-0.2, -0.15) is 0 Å². The highest BCUT2D eigenvalue weighted by molar-refractivity contribution is 5.98. The van der Waals surface area contributed by atoms with Crippen LogP contribution in [0.25, 0.3) is 21.9 Å². The van der Waals surface area contributed by atoms with Crippen LogP contribution in [0.15, 0.2) is 83.7 Å². The lowest BCUT2D eigenvalue weighted by molar-refractivity contribution is 0.307. The smallest absolute Gasteiger partial charge is 0.258 e. The minimum Gasteiger partial charge on any atom is -0.494 e. The number of aryl methyl sites for hydroxylation is 1. The Hall–Kier alpha value is -3.33. The molecule has 0 aliphatic heterocycles. The fourth-order valence-electron chi connectivity index (χ4n) is 4.63. The Labute approximate surface area is 196 Å². The third kappa shape index (κ3) is 5.03. The number of benzene rings is 3. The summed E-state index contributed by atoms with van der Waals surface area (Å²) in [6, 6.07) is 26.8. The molecule has 0 saturated heterocycles. The monoisotopic (exact) mass is 439 g/mol. The van der Waals surface area contributed by atoms with Gasteiger partial charge in [0.1, 0.15) is 5.75 Å². The number of rotatable bonds is 7. The van der Waals surface area contributed by atoms with Crippen molar-refractivity contribution >= 4 is 10.8 Å². The Kier molecular flexibility index (Phi) is 6.69. The van der Waals surface area contributed by atoms with Crippen LogP contribution < -0.4 is 10.3 Å². The van der Waals surface area contributed by atoms with E-state index in [0.717, 1.165) is 52.6 Å². The third-order valence-electron chi connectivity index (χ3n) is 6.11. The van der Waals surface area contributed by atoms with E-state index in [1.54, 1.807) is 0 Å². The van der Waals surface area contributed by atoms with E-state index in [4.69, 9.17) is 4.74 Å². The topological polar surface area (TPSA) is 31.2 Å². The molecule has 33 heavy (non-hydrogen) atoms. The Bertz CT molecular complexity index is 1280. The van der Waals surface area contributed by atoms with Gasteiger partial charge in [-0.25, -0.2) is 0 Å². The van der Waals surface area contributed by atoms with E-state index >= 15 is 0 Å². The van der Waals surface area contributed by atoms with Crippen molar-refractivity contribution in [2.24, 2.45) is 7.05 Å². The molecule has 0 saturated carbocycles. The largest absolute Gasteiger partial charge is 0.494 e. The van der Waals surface area contributed by atoms with Gasteiger partial charge >= 0.3 is 0 Å². The molecule has 3 heteroatoms. The molecule has 4 aromatic rings. The second-order valence-corrected chi connectivity index (χ2v) is 9.70. The van der Waals surface area contributed by atoms with E-state index in [2.05, 4.69) is 63.2 Å². The van der Waals surface area contributed by atoms with Crippen molar-refractivity contribution < 1.29 is 4.74 Å². The fraction of sp³-hybridized carbons (Fsp3) is 0.300. The first kappa shape index (κ1) is 22.8. The summed E-state index contributed by atoms with van der Waals surface area (Å²) >= 11 is 0. The summed E-state index contributed by atoms with van der Waals surface area (Å²) in [4.78, 5) is 13.2. The Morgan fingerprint density at radius 3 is 2.15 bits per heavy atom. The second kappa shape index (κ2) is 9.66. The average Bonchev–Trinajstić information content (AvgIpc) is 2.81. The molecular weight excluding hydrogens is 406 g/mol. The predicted molar refractivity (Wildman–Crippen MR) is 138 cm³/mol. The summed E-state index contributed by atoms with van der Waals surface area (Å²) in [5.41, 5.74) is 4.45. The lowest BCUT2D eigenvalue weighted by Gasteiger charge is -2.27. The van der Waals surface area contributed by atoms with E-state index in [1.165, 1.54) is 5.56 Å². The van der Waals surface area contributed by atoms with Crippen LogP contribution in [-0.2, 0) is 18.9 Å². The number of ether oxygens (including phenoxy) is 1. The summed E-state index contributed by atoms with van der Waals surface area (Å²) in [5, 5.41) is 1.68. The minimum absolute atomic E-state index is 0.0315. The van der Waals surface area contributed by atoms with Crippen LogP contribution in [0, 0.1) is 0 Å². The van der Waals surface area contributed by atoms with Crippen molar-refractivity contribution in [3.8, 4) is 16.9 Å². The summed E-state index contributed by atoms with van der Waals surface area (Å²) in [7, 11) is 1.88. The Balaban J connectivity index is 1.66. The predicted octanol–water partition coefficient (Wildman–Crippen LogP) is 6.90. The van der Waals surface area contributed by atoms with Crippen molar-refractivity contribution in [1.82, 2.24) is 4.57 Å². The molecule has 0 bridgehead atoms. The number of unbranched alkanes of at least 4 members (excludes halogenated alkanes) is 1. The molecule has 0 spiro atoms. The molecule has 0 unspecified atom stereocenters. The summed E-state index contributed by atoms with van der Waals surface area (Å²) in [6.07, 6.45) is 3.13. The molecular formula is C30H33NO2. The van der Waals surface area contributed by atoms with Crippen molar-refractivity contribution in [3.05, 3.63) is 100 Å². The highest BCUT2D eigenvalue weighted by Gasteiger charge is 2.25. The lowest BCUT2D eigenvalue weighted by Crippen LogP contribution is -2.29. The Morgan fingerprint density at radius 1 is 0.818 bits per heavy atom. The fourth-order valence-corrected chi connectivity index (χ4v) is 4.63. The van der Waals surface area contributed by atoms with Crippen LogP contribution in [-0.4, -0.2) is 11.2 Å². The normalized spacial score (nSPS) is 11.6. The van der Waals surface area contributed by atoms with Gasteiger partial charge in [-0.15, -0.1) is 0 Å². The van der Waals surface area contributed by atoms with Crippen molar-refractivity contribution in [3.63, 3.8) is 0 Å². The van der Waals surface area contributed by atoms with Gasteiger partial charge in [-0.3, -0.25) is 4.79 Å². The van der Waals surface area contributed by atoms with Gasteiger partial charge in [-0.1, -0.05) is 81.4 Å². The molecule has 1 aromatic heterocycles. The zero-order valence-electron chi connectivity index (χ0n) is 20.1. The minimum atomic E-state index is -0.193. The van der Waals surface area contributed by atoms with Crippen molar-refractivity contribution in [2.75, 3.05) is 6.61 Å². The first-order valence-corrected chi connectivity index (χ1v) is 11.8. The van der Waals surface area contributed by atoms with E-state index < -0.39 is 0 Å². The SMILES string of the molecule is Cn1c(C(C)(C)C)c(-c2ccccc2)c2cc(OCCCCc3ccccc3)ccc2c1=O. The summed E-state index contributed by atoms with van der Waals surface area (Å²) in [6.45, 7) is 7.14. The molecule has 4 rings (SSSR count). The maximum absolute atomic E-state index is 13.2. The number of pyridine rings is 1. The molecule has 3 aromatic carbocycles. The number of fused-ring (bicyclic) bond motifs is 1. The number of aromatic nitrogens is 1. The molecule has 0 fully saturated rings. The van der Waals surface area contributed by atoms with Gasteiger partial charge in [0.2, 0.25) is 0 Å². The van der Waals surface area contributed by atoms with Gasteiger partial charge in [0.15, 0.2) is 0 Å². The van der Waals surface area contributed by atoms with E-state index in [9.17, 15) is 4.79 Å². The van der Waals surface area contributed by atoms with E-state index in [0.29, 0.717) is 6.61 Å². The van der Waals surface area contributed by atoms with Gasteiger partial charge in [0.25, 0.3) is 5.56 Å². The highest BCUT2D eigenvalue weighted by atomic mass is 16.5. The van der Waals surface area contributed by atoms with Gasteiger partial charge in [-0.05, 0) is 48.6 Å². The van der Waals surface area contributed by atoms with Crippen LogP contribution in [0.1, 0.15) is 44.9 Å². The number of hydrogen-bond donors (Lipinski definition) is 0. The van der Waals surface area contributed by atoms with Crippen LogP contribution in [0.4, 0.5) is 0 Å². The van der Waals surface area contributed by atoms with Gasteiger partial charge in [0, 0.05) is 34.5 Å². The van der Waals surface area contributed by atoms with Gasteiger partial charge in [0.05, 0.1) is 6.61 Å². The molecule has 0 atom stereocenters. The molecule has 0 radical (unpaired) electrons. The maximum atomic E-state index is 13.2. The number of nitrogens with zero attached hydrogens (tertiary/aromatic N) is 1. The molecule has 0 amide bonds. The van der Waals surface area contributed by atoms with Gasteiger partial charge < -0.3 is 9.30 Å². The van der Waals surface area contributed by atoms with E-state index in [1.807, 2.05) is 48.0 Å². The van der Waals surface area contributed by atoms with Crippen molar-refractivity contribution in [2.45, 2.75) is 45.4 Å². The van der Waals surface area contributed by atoms with Crippen molar-refractivity contribution in [1.29, 1.82) is 0 Å². The standard InChI is InChI=1S/C30H33NO2/c1-30(2,3)28-27(23-16-9-6-10-17-23)26-21-24(18-19-25(26)29(32)31(28)4)33-20-12-11-15-22-13-7-5-8-14-22/h5-10,13-14,16-19,21H,11-12,15,20H2,1-4H3. The molecule has 0 aliphatic carbocycles. The first-order chi connectivity index (χ1) is 15.9. The van der Waals surface area contributed by atoms with Crippen LogP contribution in [0.2, 0.25) is 0 Å². The number of hydrogen-bond acceptors (Lipinski definition) is 2. The first-order valence-electron chi connectivity index (χ1n) is 11.8. The van der Waals surface area contributed by atoms with E-state index in [-0.39, 0.29) is 11.0 Å². The van der Waals surface area contributed by atoms with Crippen LogP contribution >= 0.6 is 0 Å². The maximum Gasteiger partial charge on any atom is 0.258 e. The zero-order valence-corrected chi connectivity index (χ0v) is 20.1. The van der Waals surface area contributed by atoms with Crippen LogP contribution in [0.3, 0.4) is 0 Å². The average molecular weight is 440 g/mol. The summed E-state index contributed by atoms with van der Waals surface area (Å²) < 4.78 is 7.94. The lowest BCUT2D eigenvalue weighted by atomic mass is 9.83. The quantitative estimate of drug-likeness (QED) is 0.293. The summed E-state index contributed by atoms with van der Waals surface area (Å²) in [5.74, 6) is 0.813. The molecule has 1 heterocycles. The molecule has 0 N–H and O–H groups in total. The molecule has 170 valence electrons.